The molecule has 0 saturated heterocycles. The molecule has 94 heavy (non-hydrogen) atoms. The highest BCUT2D eigenvalue weighted by molar-refractivity contribution is 5.64. The van der Waals surface area contributed by atoms with Gasteiger partial charge in [-0.15, -0.1) is 0 Å². The molecule has 1 unspecified atom stereocenters. The van der Waals surface area contributed by atoms with Crippen LogP contribution in [0.3, 0.4) is 0 Å². The zero-order valence-electron chi connectivity index (χ0n) is 59.2. The Morgan fingerprint density at radius 1 is 0.543 bits per heavy atom. The van der Waals surface area contributed by atoms with E-state index in [4.69, 9.17) is 9.47 Å². The molecular formula is C84H106F3N5O2. The van der Waals surface area contributed by atoms with Crippen molar-refractivity contribution in [1.29, 1.82) is 0 Å². The molecule has 4 heterocycles. The van der Waals surface area contributed by atoms with Crippen molar-refractivity contribution in [2.24, 2.45) is 23.7 Å². The van der Waals surface area contributed by atoms with Gasteiger partial charge in [0.15, 0.2) is 0 Å². The predicted molar refractivity (Wildman–Crippen MR) is 390 cm³/mol. The second kappa shape index (κ2) is 34.8. The molecule has 4 fully saturated rings. The van der Waals surface area contributed by atoms with Crippen molar-refractivity contribution >= 4 is 11.4 Å². The van der Waals surface area contributed by atoms with Gasteiger partial charge in [0.1, 0.15) is 17.6 Å². The smallest absolute Gasteiger partial charge is 0.416 e. The van der Waals surface area contributed by atoms with E-state index in [1.165, 1.54) is 108 Å². The summed E-state index contributed by atoms with van der Waals surface area (Å²) in [6, 6.07) is 53.1. The van der Waals surface area contributed by atoms with Gasteiger partial charge in [-0.1, -0.05) is 170 Å². The fourth-order valence-electron chi connectivity index (χ4n) is 14.1. The molecule has 4 bridgehead atoms. The van der Waals surface area contributed by atoms with Crippen molar-refractivity contribution in [3.8, 4) is 22.6 Å². The van der Waals surface area contributed by atoms with Crippen LogP contribution in [-0.4, -0.2) is 43.0 Å². The molecule has 500 valence electrons. The molecule has 10 heteroatoms. The number of fused-ring (bicyclic) bond motifs is 1. The summed E-state index contributed by atoms with van der Waals surface area (Å²) in [5.74, 6) is 6.70. The van der Waals surface area contributed by atoms with Crippen LogP contribution in [0.5, 0.6) is 11.5 Å². The normalized spacial score (nSPS) is 18.5. The fraction of sp³-hybridized carbons (Fsp3) is 0.393. The lowest BCUT2D eigenvalue weighted by molar-refractivity contribution is -0.137. The van der Waals surface area contributed by atoms with E-state index in [9.17, 15) is 13.2 Å². The van der Waals surface area contributed by atoms with Crippen molar-refractivity contribution in [2.45, 2.75) is 166 Å². The van der Waals surface area contributed by atoms with Crippen LogP contribution in [0, 0.1) is 92.9 Å². The summed E-state index contributed by atoms with van der Waals surface area (Å²) in [4.78, 5) is 11.0. The Morgan fingerprint density at radius 2 is 1.05 bits per heavy atom. The SMILES string of the molecule is C1C2CC3CC1CC(C2)C3.CCN1C=CN(c2c(C)cc(C)cc2C)C1.CCc1ccccn1.COc1ccc(C)cc1.Cc1cc(C)c(N2C=CNC2)c(C)c1.Cc1ccc2c(c1C)C(C)(C)C(C)O2.Cc1cccc(C(F)(F)F)c1.c1ccc(-c2ccccc2)cc1. The molecule has 7 nitrogen and oxygen atoms in total. The first-order valence-corrected chi connectivity index (χ1v) is 33.9. The summed E-state index contributed by atoms with van der Waals surface area (Å²) in [7, 11) is 1.67. The maximum atomic E-state index is 12.0. The van der Waals surface area contributed by atoms with Gasteiger partial charge in [0.25, 0.3) is 0 Å². The number of hydrogen-bond acceptors (Lipinski definition) is 7. The molecule has 3 aliphatic heterocycles. The number of nitrogens with one attached hydrogen (secondary N) is 1. The van der Waals surface area contributed by atoms with Crippen LogP contribution in [0.15, 0.2) is 195 Å². The quantitative estimate of drug-likeness (QED) is 0.178. The number of methoxy groups -OCH3 is 1. The number of aryl methyl sites for hydroxylation is 10. The fourth-order valence-corrected chi connectivity index (χ4v) is 14.1. The highest BCUT2D eigenvalue weighted by Gasteiger charge is 2.42. The first-order chi connectivity index (χ1) is 44.9. The summed E-state index contributed by atoms with van der Waals surface area (Å²) in [6.45, 7) is 34.9. The van der Waals surface area contributed by atoms with E-state index in [1.807, 2.05) is 67.0 Å². The molecule has 0 radical (unpaired) electrons. The molecule has 8 aromatic rings. The summed E-state index contributed by atoms with van der Waals surface area (Å²) >= 11 is 0. The number of alkyl halides is 3. The molecule has 4 aliphatic carbocycles. The van der Waals surface area contributed by atoms with E-state index in [2.05, 4.69) is 225 Å². The van der Waals surface area contributed by atoms with E-state index in [0.717, 1.165) is 55.6 Å². The topological polar surface area (TPSA) is 53.1 Å². The largest absolute Gasteiger partial charge is 0.497 e. The minimum absolute atomic E-state index is 0.144. The minimum atomic E-state index is -4.22. The van der Waals surface area contributed by atoms with E-state index in [0.29, 0.717) is 5.56 Å². The molecule has 7 aromatic carbocycles. The van der Waals surface area contributed by atoms with E-state index < -0.39 is 11.7 Å². The summed E-state index contributed by atoms with van der Waals surface area (Å²) in [5.41, 5.74) is 20.1. The number of anilines is 2. The van der Waals surface area contributed by atoms with Gasteiger partial charge in [-0.25, -0.2) is 0 Å². The van der Waals surface area contributed by atoms with Crippen molar-refractivity contribution in [3.63, 3.8) is 0 Å². The van der Waals surface area contributed by atoms with Crippen molar-refractivity contribution in [1.82, 2.24) is 15.2 Å². The lowest BCUT2D eigenvalue weighted by Gasteiger charge is -2.49. The van der Waals surface area contributed by atoms with Crippen LogP contribution in [0.1, 0.15) is 146 Å². The number of rotatable bonds is 6. The summed E-state index contributed by atoms with van der Waals surface area (Å²) in [6.07, 6.45) is 16.9. The Bertz CT molecular complexity index is 3540. The van der Waals surface area contributed by atoms with E-state index >= 15 is 0 Å². The molecule has 0 spiro atoms. The molecular weight excluding hydrogens is 1170 g/mol. The zero-order chi connectivity index (χ0) is 68.1. The number of benzene rings is 7. The number of hydrogen-bond donors (Lipinski definition) is 1. The first kappa shape index (κ1) is 73.2. The van der Waals surface area contributed by atoms with Crippen molar-refractivity contribution in [2.75, 3.05) is 36.8 Å². The Morgan fingerprint density at radius 3 is 1.46 bits per heavy atom. The van der Waals surface area contributed by atoms with Gasteiger partial charge >= 0.3 is 6.18 Å². The van der Waals surface area contributed by atoms with Gasteiger partial charge in [0.2, 0.25) is 0 Å². The molecule has 15 rings (SSSR count). The van der Waals surface area contributed by atoms with Crippen LogP contribution < -0.4 is 24.6 Å². The van der Waals surface area contributed by atoms with Gasteiger partial charge in [-0.3, -0.25) is 4.98 Å². The highest BCUT2D eigenvalue weighted by Crippen LogP contribution is 2.53. The average molecular weight is 1270 g/mol. The number of nitrogens with zero attached hydrogens (tertiary/aromatic N) is 4. The molecule has 1 atom stereocenters. The third-order valence-electron chi connectivity index (χ3n) is 18.9. The first-order valence-electron chi connectivity index (χ1n) is 33.9. The molecule has 1 N–H and O–H groups in total. The Kier molecular flexibility index (Phi) is 27.1. The molecule has 4 saturated carbocycles. The zero-order valence-corrected chi connectivity index (χ0v) is 59.2. The number of aromatic nitrogens is 1. The highest BCUT2D eigenvalue weighted by atomic mass is 19.4. The molecule has 1 aromatic heterocycles. The van der Waals surface area contributed by atoms with Crippen LogP contribution in [0.2, 0.25) is 0 Å². The van der Waals surface area contributed by atoms with Crippen LogP contribution in [0.4, 0.5) is 24.5 Å². The maximum Gasteiger partial charge on any atom is 0.416 e. The van der Waals surface area contributed by atoms with Crippen LogP contribution in [0.25, 0.3) is 11.1 Å². The van der Waals surface area contributed by atoms with Gasteiger partial charge < -0.3 is 29.5 Å². The van der Waals surface area contributed by atoms with Crippen molar-refractivity contribution < 1.29 is 22.6 Å². The molecule has 7 aliphatic rings. The van der Waals surface area contributed by atoms with Gasteiger partial charge in [-0.2, -0.15) is 13.2 Å². The predicted octanol–water partition coefficient (Wildman–Crippen LogP) is 21.8. The third kappa shape index (κ3) is 21.1. The number of ether oxygens (including phenoxy) is 2. The van der Waals surface area contributed by atoms with Gasteiger partial charge in [-0.05, 0) is 233 Å². The number of pyridine rings is 1. The summed E-state index contributed by atoms with van der Waals surface area (Å²) < 4.78 is 46.7. The van der Waals surface area contributed by atoms with Gasteiger partial charge in [0, 0.05) is 65.6 Å². The Labute approximate surface area is 563 Å². The second-order valence-corrected chi connectivity index (χ2v) is 27.0. The lowest BCUT2D eigenvalue weighted by Crippen LogP contribution is -2.38. The Hall–Kier alpha value is -8.24. The number of halogens is 3. The summed E-state index contributed by atoms with van der Waals surface area (Å²) in [5, 5.41) is 3.19. The minimum Gasteiger partial charge on any atom is -0.497 e. The molecule has 0 amide bonds. The lowest BCUT2D eigenvalue weighted by atomic mass is 9.56. The standard InChI is InChI=1S/C14H20N2.C13H18O.C12H16N2.C12H10.C10H16.C8H7F3.C8H10O.C7H9N/c1-5-15-6-7-16(10-15)14-12(3)8-11(2)9-13(14)4;1-8-6-7-11-12(9(8)2)13(4,5)10(3)14-11;1-9-6-10(2)12(11(3)7-9)14-5-4-13-8-14;1-3-7-11(8-4-1)12-9-5-2-6-10-12;1-7-2-9-4-8(1)5-10(3-7)6-9;1-6-3-2-4-7(5-6)8(9,10)11;1-7-3-5-8(9-2)6-4-7;1-2-7-5-3-4-6-8-7/h6-9H,5,10H2,1-4H3;6-7,10H,1-5H3;4-7,13H,8H2,1-3H3;1-10H;7-10H,1-6H2;2-5H,1H3;3-6H,1-2H3;3-6H,2H2,1H3. The monoisotopic (exact) mass is 1270 g/mol. The van der Waals surface area contributed by atoms with Gasteiger partial charge in [0.05, 0.1) is 26.0 Å². The van der Waals surface area contributed by atoms with Crippen molar-refractivity contribution in [3.05, 3.63) is 267 Å². The Balaban J connectivity index is 0.000000153. The van der Waals surface area contributed by atoms with Crippen LogP contribution >= 0.6 is 0 Å². The average Bonchev–Trinajstić information content (AvgIpc) is 1.60. The maximum absolute atomic E-state index is 12.0. The third-order valence-corrected chi connectivity index (χ3v) is 18.9. The van der Waals surface area contributed by atoms with E-state index in [-0.39, 0.29) is 11.5 Å². The van der Waals surface area contributed by atoms with E-state index in [1.54, 1.807) is 58.6 Å². The van der Waals surface area contributed by atoms with Crippen LogP contribution in [-0.2, 0) is 18.0 Å². The second-order valence-electron chi connectivity index (χ2n) is 27.0.